The van der Waals surface area contributed by atoms with E-state index in [9.17, 15) is 9.59 Å². The molecule has 0 spiro atoms. The molecule has 6 heteroatoms. The predicted octanol–water partition coefficient (Wildman–Crippen LogP) is -0.699. The molecule has 1 saturated heterocycles. The monoisotopic (exact) mass is 180 g/mol. The topological polar surface area (TPSA) is 76.0 Å². The molecule has 2 rings (SSSR count). The van der Waals surface area contributed by atoms with E-state index in [1.807, 2.05) is 0 Å². The van der Waals surface area contributed by atoms with Gasteiger partial charge in [0.1, 0.15) is 0 Å². The minimum absolute atomic E-state index is 0.339. The van der Waals surface area contributed by atoms with Crippen LogP contribution in [-0.4, -0.2) is 21.7 Å². The third kappa shape index (κ3) is 1.16. The molecule has 2 N–H and O–H groups in total. The molecule has 1 unspecified atom stereocenters. The average molecular weight is 180 g/mol. The summed E-state index contributed by atoms with van der Waals surface area (Å²) >= 11 is 0. The first-order chi connectivity index (χ1) is 6.18. The fraction of sp³-hybridized carbons (Fsp3) is 0.286. The Morgan fingerprint density at radius 2 is 2.31 bits per heavy atom. The Kier molecular flexibility index (Phi) is 1.54. The van der Waals surface area contributed by atoms with Crippen molar-refractivity contribution in [3.8, 4) is 0 Å². The summed E-state index contributed by atoms with van der Waals surface area (Å²) < 4.78 is 1.55. The SMILES string of the molecule is Cn1nccc1C1NC(=O)NC1=O. The van der Waals surface area contributed by atoms with E-state index in [0.29, 0.717) is 5.69 Å². The maximum Gasteiger partial charge on any atom is 0.322 e. The van der Waals surface area contributed by atoms with Crippen LogP contribution in [0.15, 0.2) is 12.3 Å². The summed E-state index contributed by atoms with van der Waals surface area (Å²) in [6, 6.07) is 0.617. The van der Waals surface area contributed by atoms with Crippen LogP contribution in [0.2, 0.25) is 0 Å². The van der Waals surface area contributed by atoms with Crippen molar-refractivity contribution in [3.63, 3.8) is 0 Å². The van der Waals surface area contributed by atoms with Crippen molar-refractivity contribution >= 4 is 11.9 Å². The Balaban J connectivity index is 2.32. The predicted molar refractivity (Wildman–Crippen MR) is 42.6 cm³/mol. The van der Waals surface area contributed by atoms with Gasteiger partial charge < -0.3 is 5.32 Å². The van der Waals surface area contributed by atoms with E-state index in [1.165, 1.54) is 0 Å². The molecule has 0 radical (unpaired) electrons. The van der Waals surface area contributed by atoms with E-state index in [2.05, 4.69) is 15.7 Å². The van der Waals surface area contributed by atoms with Crippen molar-refractivity contribution < 1.29 is 9.59 Å². The minimum atomic E-state index is -0.611. The van der Waals surface area contributed by atoms with Crippen LogP contribution >= 0.6 is 0 Å². The number of nitrogens with zero attached hydrogens (tertiary/aromatic N) is 2. The van der Waals surface area contributed by atoms with Crippen LogP contribution in [0.5, 0.6) is 0 Å². The largest absolute Gasteiger partial charge is 0.322 e. The van der Waals surface area contributed by atoms with Crippen molar-refractivity contribution in [1.29, 1.82) is 0 Å². The second kappa shape index (κ2) is 2.58. The van der Waals surface area contributed by atoms with Crippen molar-refractivity contribution in [1.82, 2.24) is 20.4 Å². The van der Waals surface area contributed by atoms with Crippen LogP contribution in [0.4, 0.5) is 4.79 Å². The summed E-state index contributed by atoms with van der Waals surface area (Å²) in [4.78, 5) is 22.0. The molecule has 1 aliphatic rings. The molecule has 1 fully saturated rings. The normalized spacial score (nSPS) is 21.5. The summed E-state index contributed by atoms with van der Waals surface area (Å²) in [6.07, 6.45) is 1.58. The molecule has 0 bridgehead atoms. The highest BCUT2D eigenvalue weighted by Gasteiger charge is 2.32. The zero-order valence-electron chi connectivity index (χ0n) is 6.94. The number of aryl methyl sites for hydroxylation is 1. The molecule has 3 amide bonds. The number of aromatic nitrogens is 2. The summed E-state index contributed by atoms with van der Waals surface area (Å²) in [5.74, 6) is -0.339. The smallest absolute Gasteiger partial charge is 0.321 e. The number of amides is 3. The van der Waals surface area contributed by atoms with Crippen LogP contribution in [0.1, 0.15) is 11.7 Å². The molecule has 0 aromatic carbocycles. The van der Waals surface area contributed by atoms with Gasteiger partial charge in [-0.15, -0.1) is 0 Å². The Hall–Kier alpha value is -1.85. The van der Waals surface area contributed by atoms with Gasteiger partial charge in [-0.2, -0.15) is 5.10 Å². The quantitative estimate of drug-likeness (QED) is 0.561. The number of urea groups is 1. The number of nitrogens with one attached hydrogen (secondary N) is 2. The lowest BCUT2D eigenvalue weighted by Gasteiger charge is -2.06. The van der Waals surface area contributed by atoms with Crippen LogP contribution in [0.25, 0.3) is 0 Å². The molecule has 2 heterocycles. The van der Waals surface area contributed by atoms with Crippen molar-refractivity contribution in [2.45, 2.75) is 6.04 Å². The summed E-state index contributed by atoms with van der Waals surface area (Å²) in [6.45, 7) is 0. The van der Waals surface area contributed by atoms with E-state index >= 15 is 0 Å². The van der Waals surface area contributed by atoms with Gasteiger partial charge in [-0.3, -0.25) is 14.8 Å². The Labute approximate surface area is 73.9 Å². The Morgan fingerprint density at radius 1 is 1.54 bits per heavy atom. The third-order valence-corrected chi connectivity index (χ3v) is 1.93. The van der Waals surface area contributed by atoms with Gasteiger partial charge in [0.15, 0.2) is 6.04 Å². The number of rotatable bonds is 1. The minimum Gasteiger partial charge on any atom is -0.321 e. The maximum absolute atomic E-state index is 11.2. The lowest BCUT2D eigenvalue weighted by molar-refractivity contribution is -0.120. The van der Waals surface area contributed by atoms with Gasteiger partial charge in [0.25, 0.3) is 5.91 Å². The second-order valence-corrected chi connectivity index (χ2v) is 2.78. The van der Waals surface area contributed by atoms with Gasteiger partial charge in [0, 0.05) is 13.2 Å². The number of hydrogen-bond donors (Lipinski definition) is 2. The molecule has 0 aliphatic carbocycles. The van der Waals surface area contributed by atoms with Gasteiger partial charge in [0.05, 0.1) is 5.69 Å². The summed E-state index contributed by atoms with van der Waals surface area (Å²) in [5.41, 5.74) is 0.670. The molecule has 0 saturated carbocycles. The fourth-order valence-corrected chi connectivity index (χ4v) is 1.29. The van der Waals surface area contributed by atoms with Crippen molar-refractivity contribution in [2.24, 2.45) is 7.05 Å². The molecular weight excluding hydrogens is 172 g/mol. The van der Waals surface area contributed by atoms with Gasteiger partial charge in [-0.1, -0.05) is 0 Å². The molecule has 6 nitrogen and oxygen atoms in total. The first kappa shape index (κ1) is 7.78. The van der Waals surface area contributed by atoms with Crippen LogP contribution in [0, 0.1) is 0 Å². The maximum atomic E-state index is 11.2. The van der Waals surface area contributed by atoms with Crippen LogP contribution < -0.4 is 10.6 Å². The number of hydrogen-bond acceptors (Lipinski definition) is 3. The number of imide groups is 1. The van der Waals surface area contributed by atoms with Crippen molar-refractivity contribution in [3.05, 3.63) is 18.0 Å². The zero-order valence-corrected chi connectivity index (χ0v) is 6.94. The standard InChI is InChI=1S/C7H8N4O2/c1-11-4(2-3-8-11)5-6(12)10-7(13)9-5/h2-3,5H,1H3,(H2,9,10,12,13). The second-order valence-electron chi connectivity index (χ2n) is 2.78. The highest BCUT2D eigenvalue weighted by Crippen LogP contribution is 2.14. The molecule has 1 aromatic rings. The number of carbonyl (C=O) groups is 2. The average Bonchev–Trinajstić information content (AvgIpc) is 2.58. The van der Waals surface area contributed by atoms with Crippen molar-refractivity contribution in [2.75, 3.05) is 0 Å². The van der Waals surface area contributed by atoms with Crippen LogP contribution in [0.3, 0.4) is 0 Å². The third-order valence-electron chi connectivity index (χ3n) is 1.93. The van der Waals surface area contributed by atoms with E-state index in [4.69, 9.17) is 0 Å². The van der Waals surface area contributed by atoms with E-state index < -0.39 is 12.1 Å². The molecule has 68 valence electrons. The first-order valence-corrected chi connectivity index (χ1v) is 3.78. The molecule has 13 heavy (non-hydrogen) atoms. The molecule has 1 aromatic heterocycles. The first-order valence-electron chi connectivity index (χ1n) is 3.78. The summed E-state index contributed by atoms with van der Waals surface area (Å²) in [7, 11) is 1.72. The lowest BCUT2D eigenvalue weighted by Crippen LogP contribution is -2.22. The van der Waals surface area contributed by atoms with E-state index in [-0.39, 0.29) is 5.91 Å². The molecular formula is C7H8N4O2. The number of carbonyl (C=O) groups excluding carboxylic acids is 2. The molecule has 1 aliphatic heterocycles. The summed E-state index contributed by atoms with van der Waals surface area (Å²) in [5, 5.41) is 8.54. The highest BCUT2D eigenvalue weighted by atomic mass is 16.2. The molecule has 1 atom stereocenters. The van der Waals surface area contributed by atoms with Crippen LogP contribution in [-0.2, 0) is 11.8 Å². The lowest BCUT2D eigenvalue weighted by atomic mass is 10.2. The zero-order chi connectivity index (χ0) is 9.42. The van der Waals surface area contributed by atoms with E-state index in [1.54, 1.807) is 24.0 Å². The highest BCUT2D eigenvalue weighted by molar-refractivity contribution is 6.04. The van der Waals surface area contributed by atoms with Gasteiger partial charge in [-0.05, 0) is 6.07 Å². The van der Waals surface area contributed by atoms with E-state index in [0.717, 1.165) is 0 Å². The van der Waals surface area contributed by atoms with Gasteiger partial charge in [-0.25, -0.2) is 4.79 Å². The van der Waals surface area contributed by atoms with Gasteiger partial charge >= 0.3 is 6.03 Å². The van der Waals surface area contributed by atoms with Gasteiger partial charge in [0.2, 0.25) is 0 Å². The Bertz CT molecular complexity index is 370. The fourth-order valence-electron chi connectivity index (χ4n) is 1.29. The Morgan fingerprint density at radius 3 is 2.77 bits per heavy atom.